The summed E-state index contributed by atoms with van der Waals surface area (Å²) < 4.78 is 0. The molecule has 0 spiro atoms. The molecule has 0 bridgehead atoms. The molecule has 5 heteroatoms. The molecule has 4 nitrogen and oxygen atoms in total. The molecule has 0 aromatic carbocycles. The fourth-order valence-electron chi connectivity index (χ4n) is 3.23. The lowest BCUT2D eigenvalue weighted by atomic mass is 10.1. The van der Waals surface area contributed by atoms with Crippen LogP contribution in [0.4, 0.5) is 0 Å². The molecule has 3 aliphatic rings. The first-order valence-corrected chi connectivity index (χ1v) is 7.62. The molecule has 1 atom stereocenters. The van der Waals surface area contributed by atoms with Gasteiger partial charge in [0.05, 0.1) is 0 Å². The van der Waals surface area contributed by atoms with Gasteiger partial charge in [-0.05, 0) is 51.0 Å². The van der Waals surface area contributed by atoms with E-state index < -0.39 is 0 Å². The highest BCUT2D eigenvalue weighted by atomic mass is 127. The van der Waals surface area contributed by atoms with Gasteiger partial charge in [-0.25, -0.2) is 0 Å². The number of aliphatic imine (C=N–C) groups is 1. The van der Waals surface area contributed by atoms with Gasteiger partial charge in [0.1, 0.15) is 0 Å². The van der Waals surface area contributed by atoms with Crippen LogP contribution in [0, 0.1) is 5.92 Å². The number of nitrogens with two attached hydrogens (primary N) is 1. The minimum atomic E-state index is 0. The lowest BCUT2D eigenvalue weighted by Crippen LogP contribution is -2.41. The lowest BCUT2D eigenvalue weighted by Gasteiger charge is -2.27. The fraction of sp³-hybridized carbons (Fsp3) is 0.929. The zero-order valence-electron chi connectivity index (χ0n) is 11.8. The Kier molecular flexibility index (Phi) is 5.74. The van der Waals surface area contributed by atoms with Crippen LogP contribution in [0.2, 0.25) is 0 Å². The van der Waals surface area contributed by atoms with Crippen molar-refractivity contribution in [2.24, 2.45) is 16.6 Å². The van der Waals surface area contributed by atoms with Crippen molar-refractivity contribution in [2.75, 3.05) is 32.7 Å². The van der Waals surface area contributed by atoms with Crippen molar-refractivity contribution >= 4 is 29.9 Å². The third-order valence-electron chi connectivity index (χ3n) is 4.57. The Bertz CT molecular complexity index is 311. The summed E-state index contributed by atoms with van der Waals surface area (Å²) in [5.41, 5.74) is 6.10. The molecule has 110 valence electrons. The predicted molar refractivity (Wildman–Crippen MR) is 90.0 cm³/mol. The van der Waals surface area contributed by atoms with Crippen LogP contribution in [0.25, 0.3) is 0 Å². The van der Waals surface area contributed by atoms with Crippen molar-refractivity contribution < 1.29 is 0 Å². The van der Waals surface area contributed by atoms with Crippen LogP contribution in [0.5, 0.6) is 0 Å². The van der Waals surface area contributed by atoms with Gasteiger partial charge in [0.2, 0.25) is 0 Å². The standard InChI is InChI=1S/C14H26N4.HI/c15-14(17-7-2-1-3-8-17)16-10-12-6-9-18(11-12)13-4-5-13;/h12-13H,1-11H2,(H2,15,16);1H. The average Bonchev–Trinajstić information content (AvgIpc) is 3.16. The van der Waals surface area contributed by atoms with Crippen molar-refractivity contribution in [3.05, 3.63) is 0 Å². The van der Waals surface area contributed by atoms with Crippen LogP contribution < -0.4 is 5.73 Å². The minimum absolute atomic E-state index is 0. The molecule has 1 unspecified atom stereocenters. The van der Waals surface area contributed by atoms with E-state index >= 15 is 0 Å². The van der Waals surface area contributed by atoms with E-state index in [1.54, 1.807) is 0 Å². The molecule has 0 aromatic heterocycles. The summed E-state index contributed by atoms with van der Waals surface area (Å²) in [5.74, 6) is 1.54. The third kappa shape index (κ3) is 4.21. The summed E-state index contributed by atoms with van der Waals surface area (Å²) in [5, 5.41) is 0. The van der Waals surface area contributed by atoms with Gasteiger partial charge in [-0.15, -0.1) is 24.0 Å². The van der Waals surface area contributed by atoms with Crippen LogP contribution >= 0.6 is 24.0 Å². The molecule has 1 aliphatic carbocycles. The second-order valence-corrected chi connectivity index (χ2v) is 6.13. The maximum absolute atomic E-state index is 6.10. The van der Waals surface area contributed by atoms with E-state index in [1.807, 2.05) is 0 Å². The maximum Gasteiger partial charge on any atom is 0.191 e. The summed E-state index contributed by atoms with van der Waals surface area (Å²) >= 11 is 0. The summed E-state index contributed by atoms with van der Waals surface area (Å²) in [4.78, 5) is 9.55. The molecule has 2 saturated heterocycles. The molecular weight excluding hydrogens is 351 g/mol. The number of halogens is 1. The number of nitrogens with zero attached hydrogens (tertiary/aromatic N) is 3. The first-order valence-electron chi connectivity index (χ1n) is 7.62. The Morgan fingerprint density at radius 3 is 2.47 bits per heavy atom. The van der Waals surface area contributed by atoms with Gasteiger partial charge in [0.25, 0.3) is 0 Å². The Morgan fingerprint density at radius 1 is 1.05 bits per heavy atom. The Balaban J connectivity index is 0.00000133. The normalized spacial score (nSPS) is 29.4. The second kappa shape index (κ2) is 7.11. The summed E-state index contributed by atoms with van der Waals surface area (Å²) in [6, 6.07) is 0.915. The molecule has 2 N–H and O–H groups in total. The van der Waals surface area contributed by atoms with E-state index in [4.69, 9.17) is 5.73 Å². The molecule has 2 heterocycles. The van der Waals surface area contributed by atoms with Gasteiger partial charge in [-0.2, -0.15) is 0 Å². The van der Waals surface area contributed by atoms with E-state index in [0.29, 0.717) is 0 Å². The summed E-state index contributed by atoms with van der Waals surface area (Å²) in [7, 11) is 0. The number of hydrogen-bond acceptors (Lipinski definition) is 2. The quantitative estimate of drug-likeness (QED) is 0.464. The maximum atomic E-state index is 6.10. The van der Waals surface area contributed by atoms with E-state index in [2.05, 4.69) is 14.8 Å². The van der Waals surface area contributed by atoms with Gasteiger partial charge in [-0.1, -0.05) is 0 Å². The first-order chi connectivity index (χ1) is 8.83. The van der Waals surface area contributed by atoms with Crippen LogP contribution in [0.1, 0.15) is 38.5 Å². The van der Waals surface area contributed by atoms with E-state index in [9.17, 15) is 0 Å². The SMILES string of the molecule is I.NC(=NCC1CCN(C2CC2)C1)N1CCCCC1. The van der Waals surface area contributed by atoms with E-state index in [0.717, 1.165) is 37.6 Å². The highest BCUT2D eigenvalue weighted by Gasteiger charge is 2.34. The van der Waals surface area contributed by atoms with Gasteiger partial charge in [0.15, 0.2) is 5.96 Å². The Labute approximate surface area is 133 Å². The molecule has 1 saturated carbocycles. The van der Waals surface area contributed by atoms with Crippen molar-refractivity contribution in [1.82, 2.24) is 9.80 Å². The number of likely N-dealkylation sites (tertiary alicyclic amines) is 2. The predicted octanol–water partition coefficient (Wildman–Crippen LogP) is 1.89. The number of rotatable bonds is 3. The monoisotopic (exact) mass is 378 g/mol. The zero-order valence-corrected chi connectivity index (χ0v) is 14.1. The van der Waals surface area contributed by atoms with Crippen LogP contribution in [-0.2, 0) is 0 Å². The highest BCUT2D eigenvalue weighted by molar-refractivity contribution is 14.0. The van der Waals surface area contributed by atoms with Crippen LogP contribution in [-0.4, -0.2) is 54.5 Å². The molecule has 0 amide bonds. The van der Waals surface area contributed by atoms with Gasteiger partial charge in [0, 0.05) is 32.2 Å². The first kappa shape index (κ1) is 15.4. The van der Waals surface area contributed by atoms with E-state index in [-0.39, 0.29) is 24.0 Å². The summed E-state index contributed by atoms with van der Waals surface area (Å²) in [6.07, 6.45) is 8.05. The van der Waals surface area contributed by atoms with Crippen LogP contribution in [0.15, 0.2) is 4.99 Å². The molecule has 3 fully saturated rings. The van der Waals surface area contributed by atoms with Crippen molar-refractivity contribution in [3.63, 3.8) is 0 Å². The molecule has 19 heavy (non-hydrogen) atoms. The number of guanidine groups is 1. The second-order valence-electron chi connectivity index (χ2n) is 6.13. The van der Waals surface area contributed by atoms with E-state index in [1.165, 1.54) is 51.6 Å². The molecule has 0 radical (unpaired) electrons. The van der Waals surface area contributed by atoms with Crippen molar-refractivity contribution in [1.29, 1.82) is 0 Å². The highest BCUT2D eigenvalue weighted by Crippen LogP contribution is 2.31. The molecule has 0 aromatic rings. The molecular formula is C14H27IN4. The Hall–Kier alpha value is -0.0400. The zero-order chi connectivity index (χ0) is 12.4. The van der Waals surface area contributed by atoms with Crippen molar-refractivity contribution in [3.8, 4) is 0 Å². The van der Waals surface area contributed by atoms with Gasteiger partial charge >= 0.3 is 0 Å². The Morgan fingerprint density at radius 2 is 1.79 bits per heavy atom. The van der Waals surface area contributed by atoms with Crippen molar-refractivity contribution in [2.45, 2.75) is 44.6 Å². The average molecular weight is 378 g/mol. The third-order valence-corrected chi connectivity index (χ3v) is 4.57. The largest absolute Gasteiger partial charge is 0.370 e. The lowest BCUT2D eigenvalue weighted by molar-refractivity contribution is 0.314. The van der Waals surface area contributed by atoms with Gasteiger partial charge < -0.3 is 15.5 Å². The topological polar surface area (TPSA) is 44.9 Å². The number of hydrogen-bond donors (Lipinski definition) is 1. The fourth-order valence-corrected chi connectivity index (χ4v) is 3.23. The van der Waals surface area contributed by atoms with Crippen LogP contribution in [0.3, 0.4) is 0 Å². The van der Waals surface area contributed by atoms with Gasteiger partial charge in [-0.3, -0.25) is 4.99 Å². The smallest absolute Gasteiger partial charge is 0.191 e. The minimum Gasteiger partial charge on any atom is -0.370 e. The number of piperidine rings is 1. The molecule has 2 aliphatic heterocycles. The molecule has 3 rings (SSSR count). The summed E-state index contributed by atoms with van der Waals surface area (Å²) in [6.45, 7) is 5.68.